The molecule has 1 aromatic heterocycles. The van der Waals surface area contributed by atoms with Crippen LogP contribution in [0.25, 0.3) is 0 Å². The molecule has 0 radical (unpaired) electrons. The van der Waals surface area contributed by atoms with Crippen LogP contribution in [-0.4, -0.2) is 73.4 Å². The zero-order chi connectivity index (χ0) is 23.1. The fourth-order valence-electron chi connectivity index (χ4n) is 3.28. The number of aromatic nitrogens is 1. The van der Waals surface area contributed by atoms with E-state index in [0.29, 0.717) is 24.4 Å². The van der Waals surface area contributed by atoms with E-state index in [4.69, 9.17) is 10.1 Å². The number of amides is 1. The summed E-state index contributed by atoms with van der Waals surface area (Å²) in [5, 5.41) is 15.0. The standard InChI is InChI=1S/C19H22F2N6O4S/c1-30-15(28)8-26-19(29)31-10-11-6-14-12(13(22)2-3-24-18(20)21)7-25-16(27(14)9-11)17-23-4-5-32-17/h2-5,11,18,22,24H,6-10H2,1H3,(H,26,29)/b3-2-,22-13?. The molecule has 32 heavy (non-hydrogen) atoms. The number of ether oxygens (including phenoxy) is 2. The minimum atomic E-state index is -2.72. The van der Waals surface area contributed by atoms with E-state index in [9.17, 15) is 18.4 Å². The number of hydrogen-bond donors (Lipinski definition) is 3. The highest BCUT2D eigenvalue weighted by atomic mass is 32.1. The van der Waals surface area contributed by atoms with Gasteiger partial charge in [0.25, 0.3) is 0 Å². The first-order valence-electron chi connectivity index (χ1n) is 9.60. The third kappa shape index (κ3) is 5.87. The molecule has 1 unspecified atom stereocenters. The second kappa shape index (κ2) is 10.8. The number of amidine groups is 1. The number of rotatable bonds is 9. The Labute approximate surface area is 186 Å². The lowest BCUT2D eigenvalue weighted by molar-refractivity contribution is -0.139. The van der Waals surface area contributed by atoms with Crippen LogP contribution in [0.3, 0.4) is 0 Å². The molecule has 172 valence electrons. The smallest absolute Gasteiger partial charge is 0.407 e. The van der Waals surface area contributed by atoms with Gasteiger partial charge in [0, 0.05) is 41.5 Å². The highest BCUT2D eigenvalue weighted by Crippen LogP contribution is 2.34. The van der Waals surface area contributed by atoms with Crippen molar-refractivity contribution in [3.8, 4) is 0 Å². The summed E-state index contributed by atoms with van der Waals surface area (Å²) in [4.78, 5) is 33.7. The Morgan fingerprint density at radius 1 is 1.47 bits per heavy atom. The first-order chi connectivity index (χ1) is 15.4. The van der Waals surface area contributed by atoms with Gasteiger partial charge in [0.15, 0.2) is 10.8 Å². The predicted molar refractivity (Wildman–Crippen MR) is 113 cm³/mol. The number of nitrogens with one attached hydrogen (secondary N) is 3. The van der Waals surface area contributed by atoms with Crippen LogP contribution in [0.2, 0.25) is 0 Å². The van der Waals surface area contributed by atoms with Crippen molar-refractivity contribution >= 4 is 34.9 Å². The van der Waals surface area contributed by atoms with Crippen molar-refractivity contribution in [2.45, 2.75) is 13.0 Å². The first kappa shape index (κ1) is 23.3. The number of allylic oxidation sites excluding steroid dienone is 2. The Bertz CT molecular complexity index is 948. The topological polar surface area (TPSA) is 129 Å². The Morgan fingerprint density at radius 2 is 2.28 bits per heavy atom. The summed E-state index contributed by atoms with van der Waals surface area (Å²) in [5.41, 5.74) is 1.49. The van der Waals surface area contributed by atoms with E-state index < -0.39 is 18.6 Å². The van der Waals surface area contributed by atoms with Crippen LogP contribution in [0, 0.1) is 11.3 Å². The molecule has 3 rings (SSSR count). The summed E-state index contributed by atoms with van der Waals surface area (Å²) < 4.78 is 34.3. The van der Waals surface area contributed by atoms with Gasteiger partial charge in [-0.3, -0.25) is 9.79 Å². The van der Waals surface area contributed by atoms with E-state index in [0.717, 1.165) is 16.9 Å². The summed E-state index contributed by atoms with van der Waals surface area (Å²) in [6.07, 6.45) is 3.73. The van der Waals surface area contributed by atoms with E-state index in [2.05, 4.69) is 20.0 Å². The van der Waals surface area contributed by atoms with Gasteiger partial charge in [-0.25, -0.2) is 9.78 Å². The minimum Gasteiger partial charge on any atom is -0.468 e. The molecule has 0 saturated carbocycles. The van der Waals surface area contributed by atoms with Gasteiger partial charge in [-0.2, -0.15) is 8.78 Å². The first-order valence-corrected chi connectivity index (χ1v) is 10.5. The average molecular weight is 468 g/mol. The quantitative estimate of drug-likeness (QED) is 0.286. The highest BCUT2D eigenvalue weighted by molar-refractivity contribution is 7.11. The maximum Gasteiger partial charge on any atom is 0.407 e. The van der Waals surface area contributed by atoms with Crippen molar-refractivity contribution in [3.63, 3.8) is 0 Å². The molecule has 1 fully saturated rings. The Hall–Kier alpha value is -3.35. The van der Waals surface area contributed by atoms with Gasteiger partial charge in [0.05, 0.1) is 26.0 Å². The second-order valence-electron chi connectivity index (χ2n) is 6.83. The molecule has 13 heteroatoms. The number of aliphatic imine (C=N–C) groups is 1. The summed E-state index contributed by atoms with van der Waals surface area (Å²) in [6.45, 7) is -2.23. The van der Waals surface area contributed by atoms with E-state index >= 15 is 0 Å². The number of esters is 1. The lowest BCUT2D eigenvalue weighted by Gasteiger charge is -2.27. The van der Waals surface area contributed by atoms with E-state index in [1.165, 1.54) is 24.5 Å². The van der Waals surface area contributed by atoms with Gasteiger partial charge >= 0.3 is 18.6 Å². The molecule has 2 aliphatic heterocycles. The van der Waals surface area contributed by atoms with Gasteiger partial charge in [-0.1, -0.05) is 0 Å². The van der Waals surface area contributed by atoms with E-state index in [1.807, 2.05) is 15.6 Å². The molecule has 0 aromatic carbocycles. The van der Waals surface area contributed by atoms with Crippen LogP contribution in [0.15, 0.2) is 40.1 Å². The summed E-state index contributed by atoms with van der Waals surface area (Å²) in [5.74, 6) is -0.0195. The van der Waals surface area contributed by atoms with Crippen molar-refractivity contribution in [3.05, 3.63) is 40.1 Å². The molecular weight excluding hydrogens is 446 g/mol. The highest BCUT2D eigenvalue weighted by Gasteiger charge is 2.36. The Balaban J connectivity index is 1.70. The number of carbonyl (C=O) groups excluding carboxylic acids is 2. The van der Waals surface area contributed by atoms with Crippen LogP contribution in [0.4, 0.5) is 13.6 Å². The van der Waals surface area contributed by atoms with Gasteiger partial charge in [0.1, 0.15) is 6.54 Å². The van der Waals surface area contributed by atoms with Gasteiger partial charge in [-0.15, -0.1) is 11.3 Å². The lowest BCUT2D eigenvalue weighted by atomic mass is 10.0. The summed E-state index contributed by atoms with van der Waals surface area (Å²) >= 11 is 1.43. The number of hydrogen-bond acceptors (Lipinski definition) is 10. The minimum absolute atomic E-state index is 0.0671. The molecule has 10 nitrogen and oxygen atoms in total. The maximum absolute atomic E-state index is 12.3. The van der Waals surface area contributed by atoms with E-state index in [-0.39, 0.29) is 31.3 Å². The van der Waals surface area contributed by atoms with Gasteiger partial charge < -0.3 is 30.4 Å². The molecule has 0 bridgehead atoms. The molecule has 1 atom stereocenters. The summed E-state index contributed by atoms with van der Waals surface area (Å²) in [6, 6.07) is 0. The van der Waals surface area contributed by atoms with Crippen molar-refractivity contribution < 1.29 is 27.8 Å². The van der Waals surface area contributed by atoms with Crippen molar-refractivity contribution in [1.29, 1.82) is 5.41 Å². The third-order valence-corrected chi connectivity index (χ3v) is 5.48. The van der Waals surface area contributed by atoms with Crippen molar-refractivity contribution in [1.82, 2.24) is 20.5 Å². The Kier molecular flexibility index (Phi) is 7.87. The average Bonchev–Trinajstić information content (AvgIpc) is 3.45. The van der Waals surface area contributed by atoms with Crippen molar-refractivity contribution in [2.75, 3.05) is 33.4 Å². The monoisotopic (exact) mass is 468 g/mol. The normalized spacial score (nSPS) is 17.9. The molecular formula is C19H22F2N6O4S. The molecule has 3 heterocycles. The fourth-order valence-corrected chi connectivity index (χ4v) is 3.94. The zero-order valence-electron chi connectivity index (χ0n) is 17.1. The number of thiazole rings is 1. The third-order valence-electron chi connectivity index (χ3n) is 4.72. The van der Waals surface area contributed by atoms with Gasteiger partial charge in [-0.05, 0) is 12.5 Å². The largest absolute Gasteiger partial charge is 0.468 e. The zero-order valence-corrected chi connectivity index (χ0v) is 18.0. The van der Waals surface area contributed by atoms with Crippen molar-refractivity contribution in [2.24, 2.45) is 10.9 Å². The number of fused-ring (bicyclic) bond motifs is 1. The second-order valence-corrected chi connectivity index (χ2v) is 7.72. The molecule has 0 aliphatic carbocycles. The number of nitrogens with zero attached hydrogens (tertiary/aromatic N) is 3. The number of methoxy groups -OCH3 is 1. The van der Waals surface area contributed by atoms with Crippen LogP contribution in [0.5, 0.6) is 0 Å². The predicted octanol–water partition coefficient (Wildman–Crippen LogP) is 1.72. The Morgan fingerprint density at radius 3 is 2.97 bits per heavy atom. The molecule has 2 aliphatic rings. The number of alkyl halides is 2. The van der Waals surface area contributed by atoms with Crippen LogP contribution >= 0.6 is 11.3 Å². The maximum atomic E-state index is 12.3. The van der Waals surface area contributed by atoms with Crippen LogP contribution < -0.4 is 10.6 Å². The van der Waals surface area contributed by atoms with Crippen LogP contribution in [0.1, 0.15) is 11.4 Å². The number of carbonyl (C=O) groups is 2. The SMILES string of the molecule is COC(=O)CNC(=O)OCC1CC2=C(C(=N)/C=C\NC(F)F)CN=C(c3nccs3)N2C1. The fraction of sp³-hybridized carbons (Fsp3) is 0.421. The van der Waals surface area contributed by atoms with Gasteiger partial charge in [0.2, 0.25) is 0 Å². The number of alkyl carbamates (subject to hydrolysis) is 1. The molecule has 1 amide bonds. The van der Waals surface area contributed by atoms with Crippen LogP contribution in [-0.2, 0) is 14.3 Å². The molecule has 0 spiro atoms. The lowest BCUT2D eigenvalue weighted by Crippen LogP contribution is -2.34. The number of halogens is 2. The molecule has 1 aromatic rings. The van der Waals surface area contributed by atoms with E-state index in [1.54, 1.807) is 6.20 Å². The molecule has 1 saturated heterocycles. The summed E-state index contributed by atoms with van der Waals surface area (Å²) in [7, 11) is 1.22. The molecule has 3 N–H and O–H groups in total.